The molecule has 2 unspecified atom stereocenters. The van der Waals surface area contributed by atoms with Gasteiger partial charge in [0, 0.05) is 11.7 Å². The van der Waals surface area contributed by atoms with Crippen molar-refractivity contribution in [3.63, 3.8) is 0 Å². The summed E-state index contributed by atoms with van der Waals surface area (Å²) in [5.41, 5.74) is 7.48. The second-order valence-corrected chi connectivity index (χ2v) is 6.74. The Bertz CT molecular complexity index is 530. The summed E-state index contributed by atoms with van der Waals surface area (Å²) >= 11 is 0. The third kappa shape index (κ3) is 4.19. The van der Waals surface area contributed by atoms with E-state index in [-0.39, 0.29) is 10.9 Å². The quantitative estimate of drug-likeness (QED) is 0.712. The van der Waals surface area contributed by atoms with Crippen LogP contribution in [0.25, 0.3) is 0 Å². The number of rotatable bonds is 5. The maximum atomic E-state index is 12.3. The van der Waals surface area contributed by atoms with Crippen LogP contribution in [0.15, 0.2) is 17.0 Å². The molecule has 5 nitrogen and oxygen atoms in total. The number of aryl methyl sites for hydroxylation is 2. The zero-order chi connectivity index (χ0) is 14.8. The molecule has 0 saturated carbocycles. The molecule has 0 aliphatic carbocycles. The Morgan fingerprint density at radius 1 is 1.26 bits per heavy atom. The van der Waals surface area contributed by atoms with Gasteiger partial charge in [0.15, 0.2) is 0 Å². The van der Waals surface area contributed by atoms with Gasteiger partial charge < -0.3 is 10.8 Å². The van der Waals surface area contributed by atoms with Gasteiger partial charge in [0.1, 0.15) is 0 Å². The molecule has 0 aliphatic heterocycles. The summed E-state index contributed by atoms with van der Waals surface area (Å²) in [6, 6.07) is 2.95. The normalized spacial score (nSPS) is 15.2. The van der Waals surface area contributed by atoms with Crippen LogP contribution in [0.4, 0.5) is 5.69 Å². The Morgan fingerprint density at radius 3 is 2.16 bits per heavy atom. The Labute approximate surface area is 114 Å². The van der Waals surface area contributed by atoms with Crippen molar-refractivity contribution in [1.29, 1.82) is 0 Å². The number of nitrogens with one attached hydrogen (secondary N) is 1. The zero-order valence-electron chi connectivity index (χ0n) is 11.8. The third-order valence-corrected chi connectivity index (χ3v) is 4.70. The highest BCUT2D eigenvalue weighted by Crippen LogP contribution is 2.23. The molecule has 0 radical (unpaired) electrons. The lowest BCUT2D eigenvalue weighted by Gasteiger charge is -2.18. The lowest BCUT2D eigenvalue weighted by molar-refractivity contribution is 0.175. The van der Waals surface area contributed by atoms with Crippen molar-refractivity contribution >= 4 is 15.7 Å². The van der Waals surface area contributed by atoms with Crippen molar-refractivity contribution in [2.24, 2.45) is 0 Å². The Morgan fingerprint density at radius 2 is 1.74 bits per heavy atom. The molecule has 0 saturated heterocycles. The number of nitrogen functional groups attached to an aromatic ring is 1. The first-order valence-electron chi connectivity index (χ1n) is 6.20. The number of aliphatic hydroxyl groups excluding tert-OH is 1. The van der Waals surface area contributed by atoms with Crippen LogP contribution in [0.1, 0.15) is 31.4 Å². The molecule has 0 spiro atoms. The van der Waals surface area contributed by atoms with Gasteiger partial charge in [-0.3, -0.25) is 0 Å². The van der Waals surface area contributed by atoms with Gasteiger partial charge in [-0.2, -0.15) is 0 Å². The van der Waals surface area contributed by atoms with Gasteiger partial charge in [0.25, 0.3) is 0 Å². The Hall–Kier alpha value is -1.11. The molecule has 0 aliphatic rings. The Kier molecular flexibility index (Phi) is 4.95. The van der Waals surface area contributed by atoms with E-state index < -0.39 is 16.1 Å². The van der Waals surface area contributed by atoms with E-state index >= 15 is 0 Å². The highest BCUT2D eigenvalue weighted by molar-refractivity contribution is 7.89. The number of hydrogen-bond acceptors (Lipinski definition) is 4. The SMILES string of the molecule is Cc1cc(N)cc(C)c1S(=O)(=O)NC(C)CC(C)O. The highest BCUT2D eigenvalue weighted by Gasteiger charge is 2.22. The maximum absolute atomic E-state index is 12.3. The molecule has 0 bridgehead atoms. The second-order valence-electron chi connectivity index (χ2n) is 5.09. The van der Waals surface area contributed by atoms with Crippen molar-refractivity contribution < 1.29 is 13.5 Å². The van der Waals surface area contributed by atoms with Gasteiger partial charge >= 0.3 is 0 Å². The number of nitrogens with two attached hydrogens (primary N) is 1. The molecule has 1 aromatic rings. The van der Waals surface area contributed by atoms with Gasteiger partial charge in [0.05, 0.1) is 11.0 Å². The van der Waals surface area contributed by atoms with E-state index in [4.69, 9.17) is 5.73 Å². The molecule has 0 amide bonds. The zero-order valence-corrected chi connectivity index (χ0v) is 12.6. The topological polar surface area (TPSA) is 92.4 Å². The van der Waals surface area contributed by atoms with Gasteiger partial charge in [-0.1, -0.05) is 0 Å². The van der Waals surface area contributed by atoms with Gasteiger partial charge in [-0.15, -0.1) is 0 Å². The lowest BCUT2D eigenvalue weighted by atomic mass is 10.1. The van der Waals surface area contributed by atoms with Crippen LogP contribution in [-0.2, 0) is 10.0 Å². The predicted molar refractivity (Wildman–Crippen MR) is 76.4 cm³/mol. The van der Waals surface area contributed by atoms with Crippen LogP contribution in [0, 0.1) is 13.8 Å². The predicted octanol–water partition coefficient (Wildman–Crippen LogP) is 1.32. The highest BCUT2D eigenvalue weighted by atomic mass is 32.2. The summed E-state index contributed by atoms with van der Waals surface area (Å²) in [6.07, 6.45) is -0.182. The van der Waals surface area contributed by atoms with Gasteiger partial charge in [0.2, 0.25) is 10.0 Å². The van der Waals surface area contributed by atoms with Crippen molar-refractivity contribution in [3.8, 4) is 0 Å². The van der Waals surface area contributed by atoms with E-state index in [1.807, 2.05) is 0 Å². The lowest BCUT2D eigenvalue weighted by Crippen LogP contribution is -2.35. The third-order valence-electron chi connectivity index (χ3n) is 2.80. The summed E-state index contributed by atoms with van der Waals surface area (Å²) in [6.45, 7) is 6.80. The first-order valence-corrected chi connectivity index (χ1v) is 7.69. The molecular formula is C13H22N2O3S. The average Bonchev–Trinajstić information content (AvgIpc) is 2.10. The summed E-state index contributed by atoms with van der Waals surface area (Å²) in [5.74, 6) is 0. The van der Waals surface area contributed by atoms with E-state index in [2.05, 4.69) is 4.72 Å². The van der Waals surface area contributed by atoms with Gasteiger partial charge in [-0.05, 0) is 57.4 Å². The summed E-state index contributed by atoms with van der Waals surface area (Å²) in [4.78, 5) is 0.263. The average molecular weight is 286 g/mol. The van der Waals surface area contributed by atoms with E-state index in [1.54, 1.807) is 39.8 Å². The monoisotopic (exact) mass is 286 g/mol. The molecule has 2 atom stereocenters. The van der Waals surface area contributed by atoms with Crippen molar-refractivity contribution in [3.05, 3.63) is 23.3 Å². The van der Waals surface area contributed by atoms with Crippen molar-refractivity contribution in [2.75, 3.05) is 5.73 Å². The van der Waals surface area contributed by atoms with Crippen LogP contribution < -0.4 is 10.5 Å². The molecule has 1 rings (SSSR count). The molecule has 0 aromatic heterocycles. The minimum atomic E-state index is -3.60. The summed E-state index contributed by atoms with van der Waals surface area (Å²) < 4.78 is 27.3. The van der Waals surface area contributed by atoms with Crippen LogP contribution in [-0.4, -0.2) is 25.7 Å². The molecule has 108 valence electrons. The number of sulfonamides is 1. The molecule has 0 fully saturated rings. The first kappa shape index (κ1) is 15.9. The second kappa shape index (κ2) is 5.90. The van der Waals surface area contributed by atoms with Crippen LogP contribution in [0.2, 0.25) is 0 Å². The number of hydrogen-bond donors (Lipinski definition) is 3. The Balaban J connectivity index is 3.08. The maximum Gasteiger partial charge on any atom is 0.241 e. The molecule has 6 heteroatoms. The van der Waals surface area contributed by atoms with E-state index in [9.17, 15) is 13.5 Å². The molecule has 0 heterocycles. The van der Waals surface area contributed by atoms with Crippen LogP contribution in [0.5, 0.6) is 0 Å². The van der Waals surface area contributed by atoms with Crippen molar-refractivity contribution in [1.82, 2.24) is 4.72 Å². The van der Waals surface area contributed by atoms with Crippen LogP contribution in [0.3, 0.4) is 0 Å². The van der Waals surface area contributed by atoms with E-state index in [0.29, 0.717) is 23.2 Å². The largest absolute Gasteiger partial charge is 0.399 e. The minimum absolute atomic E-state index is 0.263. The fourth-order valence-corrected chi connectivity index (χ4v) is 4.00. The molecule has 19 heavy (non-hydrogen) atoms. The van der Waals surface area contributed by atoms with Crippen LogP contribution >= 0.6 is 0 Å². The van der Waals surface area contributed by atoms with Crippen molar-refractivity contribution in [2.45, 2.75) is 51.2 Å². The molecule has 1 aromatic carbocycles. The van der Waals surface area contributed by atoms with E-state index in [0.717, 1.165) is 0 Å². The number of anilines is 1. The first-order chi connectivity index (χ1) is 8.63. The molecular weight excluding hydrogens is 264 g/mol. The van der Waals surface area contributed by atoms with E-state index in [1.165, 1.54) is 0 Å². The fourth-order valence-electron chi connectivity index (χ4n) is 2.29. The van der Waals surface area contributed by atoms with Gasteiger partial charge in [-0.25, -0.2) is 13.1 Å². The summed E-state index contributed by atoms with van der Waals surface area (Å²) in [5, 5.41) is 9.28. The number of benzene rings is 1. The number of aliphatic hydroxyl groups is 1. The molecule has 4 N–H and O–H groups in total. The minimum Gasteiger partial charge on any atom is -0.399 e. The standard InChI is InChI=1S/C13H22N2O3S/c1-8-5-12(14)6-9(2)13(8)19(17,18)15-10(3)7-11(4)16/h5-6,10-11,15-16H,7,14H2,1-4H3. The smallest absolute Gasteiger partial charge is 0.241 e. The summed E-state index contributed by atoms with van der Waals surface area (Å²) in [7, 11) is -3.60. The fraction of sp³-hybridized carbons (Fsp3) is 0.538.